The van der Waals surface area contributed by atoms with E-state index in [9.17, 15) is 4.39 Å². The molecule has 0 saturated heterocycles. The first-order valence-corrected chi connectivity index (χ1v) is 9.79. The molecule has 0 spiro atoms. The first-order valence-electron chi connectivity index (χ1n) is 9.79. The lowest BCUT2D eigenvalue weighted by molar-refractivity contribution is 0.297. The monoisotopic (exact) mass is 538 g/mol. The van der Waals surface area contributed by atoms with Crippen LogP contribution in [0.15, 0.2) is 58.1 Å². The fraction of sp³-hybridized carbons (Fsp3) is 0.273. The number of nitrogens with zero attached hydrogens (tertiary/aromatic N) is 2. The highest BCUT2D eigenvalue weighted by atomic mass is 127. The van der Waals surface area contributed by atoms with Crippen molar-refractivity contribution in [3.63, 3.8) is 0 Å². The van der Waals surface area contributed by atoms with Crippen molar-refractivity contribution in [2.24, 2.45) is 4.99 Å². The van der Waals surface area contributed by atoms with Gasteiger partial charge in [0.1, 0.15) is 12.1 Å². The van der Waals surface area contributed by atoms with Gasteiger partial charge in [0.25, 0.3) is 0 Å². The molecule has 164 valence electrons. The normalized spacial score (nSPS) is 13.2. The van der Waals surface area contributed by atoms with Gasteiger partial charge in [-0.15, -0.1) is 24.0 Å². The van der Waals surface area contributed by atoms with Crippen molar-refractivity contribution >= 4 is 35.6 Å². The molecule has 0 radical (unpaired) electrons. The van der Waals surface area contributed by atoms with Crippen LogP contribution in [0.5, 0.6) is 11.5 Å². The van der Waals surface area contributed by atoms with E-state index in [0.717, 1.165) is 34.9 Å². The van der Waals surface area contributed by atoms with Crippen molar-refractivity contribution in [1.82, 2.24) is 10.3 Å². The molecular weight excluding hydrogens is 514 g/mol. The summed E-state index contributed by atoms with van der Waals surface area (Å²) in [6, 6.07) is 11.8. The minimum Gasteiger partial charge on any atom is -0.490 e. The van der Waals surface area contributed by atoms with Crippen LogP contribution < -0.4 is 20.1 Å². The number of fused-ring (bicyclic) bond motifs is 1. The van der Waals surface area contributed by atoms with Crippen LogP contribution in [0.1, 0.15) is 12.1 Å². The van der Waals surface area contributed by atoms with Crippen molar-refractivity contribution in [3.05, 3.63) is 60.2 Å². The Balaban J connectivity index is 0.00000272. The molecule has 2 N–H and O–H groups in total. The molecule has 0 amide bonds. The van der Waals surface area contributed by atoms with E-state index in [1.54, 1.807) is 25.4 Å². The molecule has 9 heteroatoms. The van der Waals surface area contributed by atoms with Crippen LogP contribution in [0.25, 0.3) is 11.5 Å². The fourth-order valence-electron chi connectivity index (χ4n) is 3.01. The maximum Gasteiger partial charge on any atom is 0.226 e. The number of aliphatic imine (C=N–C) groups is 1. The van der Waals surface area contributed by atoms with E-state index in [1.807, 2.05) is 18.2 Å². The van der Waals surface area contributed by atoms with E-state index in [1.165, 1.54) is 12.1 Å². The molecule has 1 aliphatic heterocycles. The number of nitrogens with one attached hydrogen (secondary N) is 2. The molecule has 3 aromatic rings. The molecule has 0 fully saturated rings. The predicted molar refractivity (Wildman–Crippen MR) is 128 cm³/mol. The molecule has 1 aliphatic rings. The van der Waals surface area contributed by atoms with Gasteiger partial charge in [-0.1, -0.05) is 0 Å². The lowest BCUT2D eigenvalue weighted by Gasteiger charge is -2.13. The second-order valence-electron chi connectivity index (χ2n) is 6.74. The second-order valence-corrected chi connectivity index (χ2v) is 6.74. The second kappa shape index (κ2) is 11.0. The minimum absolute atomic E-state index is 0. The van der Waals surface area contributed by atoms with Crippen molar-refractivity contribution in [1.29, 1.82) is 0 Å². The molecule has 0 aliphatic carbocycles. The van der Waals surface area contributed by atoms with Crippen LogP contribution in [0.3, 0.4) is 0 Å². The third-order valence-corrected chi connectivity index (χ3v) is 4.55. The third kappa shape index (κ3) is 6.09. The van der Waals surface area contributed by atoms with Gasteiger partial charge in [0, 0.05) is 43.8 Å². The summed E-state index contributed by atoms with van der Waals surface area (Å²) in [5.74, 6) is 2.29. The van der Waals surface area contributed by atoms with Crippen molar-refractivity contribution in [2.45, 2.75) is 12.8 Å². The maximum absolute atomic E-state index is 13.1. The standard InChI is InChI=1S/C22H23FN4O3.HI/c1-24-22(27-17-7-8-19-20(13-17)29-12-2-11-28-19)25-10-9-18-14-30-21(26-18)15-3-5-16(23)6-4-15;/h3-8,13-14H,2,9-12H2,1H3,(H2,24,25,27);1H. The van der Waals surface area contributed by atoms with Gasteiger partial charge >= 0.3 is 0 Å². The fourth-order valence-corrected chi connectivity index (χ4v) is 3.01. The SMILES string of the molecule is CN=C(NCCc1coc(-c2ccc(F)cc2)n1)Nc1ccc2c(c1)OCCCO2.I. The third-order valence-electron chi connectivity index (χ3n) is 4.55. The Hall–Kier alpha value is -2.82. The van der Waals surface area contributed by atoms with Gasteiger partial charge in [0.2, 0.25) is 5.89 Å². The number of ether oxygens (including phenoxy) is 2. The molecule has 1 aromatic heterocycles. The average molecular weight is 538 g/mol. The first kappa shape index (κ1) is 22.9. The van der Waals surface area contributed by atoms with E-state index in [0.29, 0.717) is 38.0 Å². The number of oxazole rings is 1. The number of hydrogen-bond donors (Lipinski definition) is 2. The zero-order valence-corrected chi connectivity index (χ0v) is 19.4. The van der Waals surface area contributed by atoms with Crippen LogP contribution >= 0.6 is 24.0 Å². The molecule has 7 nitrogen and oxygen atoms in total. The van der Waals surface area contributed by atoms with E-state index in [4.69, 9.17) is 13.9 Å². The van der Waals surface area contributed by atoms with E-state index in [2.05, 4.69) is 20.6 Å². The van der Waals surface area contributed by atoms with E-state index < -0.39 is 0 Å². The number of halogens is 2. The van der Waals surface area contributed by atoms with Crippen LogP contribution in [-0.4, -0.2) is 37.7 Å². The number of guanidine groups is 1. The molecule has 2 aromatic carbocycles. The molecule has 0 unspecified atom stereocenters. The minimum atomic E-state index is -0.290. The Bertz CT molecular complexity index is 1020. The quantitative estimate of drug-likeness (QED) is 0.283. The summed E-state index contributed by atoms with van der Waals surface area (Å²) in [7, 11) is 1.71. The molecule has 0 bridgehead atoms. The Morgan fingerprint density at radius 2 is 1.87 bits per heavy atom. The van der Waals surface area contributed by atoms with Gasteiger partial charge in [-0.25, -0.2) is 9.37 Å². The lowest BCUT2D eigenvalue weighted by atomic mass is 10.2. The number of aromatic nitrogens is 1. The highest BCUT2D eigenvalue weighted by Crippen LogP contribution is 2.32. The van der Waals surface area contributed by atoms with Crippen LogP contribution in [0.4, 0.5) is 10.1 Å². The topological polar surface area (TPSA) is 80.9 Å². The molecular formula is C22H24FIN4O3. The van der Waals surface area contributed by atoms with Gasteiger partial charge in [-0.2, -0.15) is 0 Å². The summed E-state index contributed by atoms with van der Waals surface area (Å²) < 4.78 is 29.9. The Morgan fingerprint density at radius 1 is 1.10 bits per heavy atom. The highest BCUT2D eigenvalue weighted by molar-refractivity contribution is 14.0. The highest BCUT2D eigenvalue weighted by Gasteiger charge is 2.12. The zero-order valence-electron chi connectivity index (χ0n) is 17.1. The summed E-state index contributed by atoms with van der Waals surface area (Å²) in [6.45, 7) is 1.91. The summed E-state index contributed by atoms with van der Waals surface area (Å²) >= 11 is 0. The van der Waals surface area contributed by atoms with Gasteiger partial charge in [-0.05, 0) is 36.4 Å². The zero-order chi connectivity index (χ0) is 20.8. The number of benzene rings is 2. The van der Waals surface area contributed by atoms with Gasteiger partial charge in [0.15, 0.2) is 17.5 Å². The van der Waals surface area contributed by atoms with Crippen LogP contribution in [0, 0.1) is 5.82 Å². The van der Waals surface area contributed by atoms with Crippen LogP contribution in [0.2, 0.25) is 0 Å². The van der Waals surface area contributed by atoms with Gasteiger partial charge < -0.3 is 24.5 Å². The van der Waals surface area contributed by atoms with Crippen molar-refractivity contribution in [2.75, 3.05) is 32.1 Å². The Labute approximate surface area is 197 Å². The van der Waals surface area contributed by atoms with Gasteiger partial charge in [-0.3, -0.25) is 4.99 Å². The molecule has 0 atom stereocenters. The Morgan fingerprint density at radius 3 is 2.65 bits per heavy atom. The summed E-state index contributed by atoms with van der Waals surface area (Å²) in [6.07, 6.45) is 3.12. The smallest absolute Gasteiger partial charge is 0.226 e. The average Bonchev–Trinajstić information content (AvgIpc) is 3.10. The number of hydrogen-bond acceptors (Lipinski definition) is 5. The lowest BCUT2D eigenvalue weighted by Crippen LogP contribution is -2.32. The molecule has 2 heterocycles. The number of rotatable bonds is 5. The molecule has 31 heavy (non-hydrogen) atoms. The number of anilines is 1. The first-order chi connectivity index (χ1) is 14.7. The van der Waals surface area contributed by atoms with Gasteiger partial charge in [0.05, 0.1) is 18.9 Å². The van der Waals surface area contributed by atoms with E-state index >= 15 is 0 Å². The predicted octanol–water partition coefficient (Wildman–Crippen LogP) is 4.49. The summed E-state index contributed by atoms with van der Waals surface area (Å²) in [5, 5.41) is 6.50. The van der Waals surface area contributed by atoms with Crippen molar-refractivity contribution in [3.8, 4) is 23.0 Å². The molecule has 0 saturated carbocycles. The molecule has 4 rings (SSSR count). The maximum atomic E-state index is 13.1. The summed E-state index contributed by atoms with van der Waals surface area (Å²) in [5.41, 5.74) is 2.39. The van der Waals surface area contributed by atoms with Crippen molar-refractivity contribution < 1.29 is 18.3 Å². The summed E-state index contributed by atoms with van der Waals surface area (Å²) in [4.78, 5) is 8.70. The Kier molecular flexibility index (Phi) is 8.10. The van der Waals surface area contributed by atoms with E-state index in [-0.39, 0.29) is 29.8 Å². The van der Waals surface area contributed by atoms with Crippen LogP contribution in [-0.2, 0) is 6.42 Å². The largest absolute Gasteiger partial charge is 0.490 e.